The third-order valence-electron chi connectivity index (χ3n) is 6.36. The van der Waals surface area contributed by atoms with Gasteiger partial charge in [-0.2, -0.15) is 5.10 Å². The van der Waals surface area contributed by atoms with Crippen LogP contribution in [0, 0.1) is 20.8 Å². The molecular weight excluding hydrogens is 400 g/mol. The number of rotatable bonds is 7. The van der Waals surface area contributed by atoms with E-state index >= 15 is 0 Å². The van der Waals surface area contributed by atoms with Crippen LogP contribution in [0.25, 0.3) is 17.1 Å². The van der Waals surface area contributed by atoms with Crippen LogP contribution in [0.3, 0.4) is 0 Å². The van der Waals surface area contributed by atoms with Gasteiger partial charge in [0.15, 0.2) is 5.76 Å². The highest BCUT2D eigenvalue weighted by atomic mass is 16.3. The van der Waals surface area contributed by atoms with Gasteiger partial charge in [0.05, 0.1) is 5.69 Å². The molecular formula is C26H34N4O2. The molecule has 1 aliphatic rings. The van der Waals surface area contributed by atoms with Crippen LogP contribution in [0.15, 0.2) is 40.8 Å². The molecule has 1 N–H and O–H groups in total. The summed E-state index contributed by atoms with van der Waals surface area (Å²) in [6.45, 7) is 11.2. The number of furan rings is 1. The second-order valence-corrected chi connectivity index (χ2v) is 9.02. The Morgan fingerprint density at radius 3 is 2.72 bits per heavy atom. The average Bonchev–Trinajstić information content (AvgIpc) is 3.39. The first kappa shape index (κ1) is 22.3. The molecule has 0 radical (unpaired) electrons. The van der Waals surface area contributed by atoms with Crippen molar-refractivity contribution >= 4 is 5.91 Å². The molecule has 1 amide bonds. The van der Waals surface area contributed by atoms with Crippen LogP contribution in [-0.4, -0.2) is 46.3 Å². The summed E-state index contributed by atoms with van der Waals surface area (Å²) in [6, 6.07) is 12.4. The number of piperidine rings is 1. The van der Waals surface area contributed by atoms with Crippen molar-refractivity contribution in [2.24, 2.45) is 0 Å². The number of hydrogen-bond donors (Lipinski definition) is 1. The van der Waals surface area contributed by atoms with Gasteiger partial charge >= 0.3 is 0 Å². The highest BCUT2D eigenvalue weighted by Crippen LogP contribution is 2.25. The molecule has 0 bridgehead atoms. The molecule has 1 unspecified atom stereocenters. The number of carbonyl (C=O) groups is 1. The van der Waals surface area contributed by atoms with Gasteiger partial charge in [0.25, 0.3) is 5.91 Å². The Labute approximate surface area is 190 Å². The maximum absolute atomic E-state index is 13.2. The van der Waals surface area contributed by atoms with Crippen molar-refractivity contribution in [1.29, 1.82) is 0 Å². The first-order valence-electron chi connectivity index (χ1n) is 11.7. The van der Waals surface area contributed by atoms with Gasteiger partial charge in [-0.25, -0.2) is 4.68 Å². The molecule has 1 atom stereocenters. The van der Waals surface area contributed by atoms with E-state index in [1.54, 1.807) is 4.68 Å². The van der Waals surface area contributed by atoms with E-state index in [2.05, 4.69) is 30.1 Å². The summed E-state index contributed by atoms with van der Waals surface area (Å²) in [5.41, 5.74) is 4.33. The van der Waals surface area contributed by atoms with E-state index in [-0.39, 0.29) is 5.91 Å². The summed E-state index contributed by atoms with van der Waals surface area (Å²) in [5, 5.41) is 7.85. The minimum Gasteiger partial charge on any atom is -0.460 e. The van der Waals surface area contributed by atoms with E-state index in [0.29, 0.717) is 29.7 Å². The fraction of sp³-hybridized carbons (Fsp3) is 0.462. The zero-order valence-corrected chi connectivity index (χ0v) is 19.6. The maximum Gasteiger partial charge on any atom is 0.270 e. The molecule has 6 nitrogen and oxygen atoms in total. The quantitative estimate of drug-likeness (QED) is 0.529. The fourth-order valence-electron chi connectivity index (χ4n) is 4.53. The van der Waals surface area contributed by atoms with Gasteiger partial charge < -0.3 is 14.6 Å². The predicted octanol–water partition coefficient (Wildman–Crippen LogP) is 5.05. The number of likely N-dealkylation sites (tertiary alicyclic amines) is 1. The van der Waals surface area contributed by atoms with Gasteiger partial charge in [0, 0.05) is 25.2 Å². The topological polar surface area (TPSA) is 63.3 Å². The summed E-state index contributed by atoms with van der Waals surface area (Å²) in [7, 11) is 0. The third kappa shape index (κ3) is 4.96. The lowest BCUT2D eigenvalue weighted by atomic mass is 10.0. The number of aromatic nitrogens is 2. The summed E-state index contributed by atoms with van der Waals surface area (Å²) in [6.07, 6.45) is 4.82. The molecule has 1 saturated heterocycles. The van der Waals surface area contributed by atoms with Crippen molar-refractivity contribution in [2.45, 2.75) is 59.4 Å². The Morgan fingerprint density at radius 1 is 1.16 bits per heavy atom. The Bertz CT molecular complexity index is 1080. The molecule has 4 rings (SSSR count). The van der Waals surface area contributed by atoms with Crippen molar-refractivity contribution in [3.63, 3.8) is 0 Å². The molecule has 1 aliphatic heterocycles. The largest absolute Gasteiger partial charge is 0.460 e. The van der Waals surface area contributed by atoms with Crippen LogP contribution >= 0.6 is 0 Å². The van der Waals surface area contributed by atoms with E-state index in [1.807, 2.05) is 44.2 Å². The molecule has 3 aromatic rings. The summed E-state index contributed by atoms with van der Waals surface area (Å²) in [5.74, 6) is 1.37. The van der Waals surface area contributed by atoms with Gasteiger partial charge in [0.2, 0.25) is 0 Å². The molecule has 0 spiro atoms. The van der Waals surface area contributed by atoms with Gasteiger partial charge in [-0.1, -0.05) is 24.1 Å². The monoisotopic (exact) mass is 434 g/mol. The first-order chi connectivity index (χ1) is 15.4. The minimum absolute atomic E-state index is 0.112. The van der Waals surface area contributed by atoms with Gasteiger partial charge in [-0.05, 0) is 77.3 Å². The summed E-state index contributed by atoms with van der Waals surface area (Å²) < 4.78 is 7.51. The Balaban J connectivity index is 1.52. The Hall–Kier alpha value is -2.86. The molecule has 1 fully saturated rings. The number of amides is 1. The van der Waals surface area contributed by atoms with Crippen LogP contribution in [0.5, 0.6) is 0 Å². The number of carbonyl (C=O) groups excluding carboxylic acids is 1. The molecule has 2 aromatic heterocycles. The van der Waals surface area contributed by atoms with Gasteiger partial charge in [0.1, 0.15) is 17.1 Å². The number of nitrogens with zero attached hydrogens (tertiary/aromatic N) is 3. The molecule has 3 heterocycles. The summed E-state index contributed by atoms with van der Waals surface area (Å²) in [4.78, 5) is 15.7. The number of benzene rings is 1. The van der Waals surface area contributed by atoms with Crippen LogP contribution in [0.4, 0.5) is 0 Å². The molecule has 0 aliphatic carbocycles. The second-order valence-electron chi connectivity index (χ2n) is 9.02. The van der Waals surface area contributed by atoms with E-state index in [1.165, 1.54) is 31.4 Å². The molecule has 6 heteroatoms. The third-order valence-corrected chi connectivity index (χ3v) is 6.36. The first-order valence-corrected chi connectivity index (χ1v) is 11.7. The van der Waals surface area contributed by atoms with Crippen LogP contribution in [0.2, 0.25) is 0 Å². The lowest BCUT2D eigenvalue weighted by molar-refractivity contribution is 0.0941. The molecule has 170 valence electrons. The van der Waals surface area contributed by atoms with E-state index in [4.69, 9.17) is 9.52 Å². The van der Waals surface area contributed by atoms with E-state index < -0.39 is 0 Å². The Kier molecular flexibility index (Phi) is 6.80. The SMILES string of the molecule is Cc1ccc(-n2nc(-c3ccc(C)o3)cc2C(=O)NCCCN2CCCCC2C)c(C)c1. The van der Waals surface area contributed by atoms with Crippen molar-refractivity contribution in [3.05, 3.63) is 59.0 Å². The fourth-order valence-corrected chi connectivity index (χ4v) is 4.53. The standard InChI is InChI=1S/C26H34N4O2/c1-18-9-11-23(19(2)16-18)30-24(17-22(28-30)25-12-10-21(4)32-25)26(31)27-13-7-15-29-14-6-5-8-20(29)3/h9-12,16-17,20H,5-8,13-15H2,1-4H3,(H,27,31). The highest BCUT2D eigenvalue weighted by molar-refractivity contribution is 5.94. The van der Waals surface area contributed by atoms with Crippen LogP contribution in [0.1, 0.15) is 60.0 Å². The zero-order chi connectivity index (χ0) is 22.7. The van der Waals surface area contributed by atoms with E-state index in [0.717, 1.165) is 30.0 Å². The minimum atomic E-state index is -0.112. The second kappa shape index (κ2) is 9.74. The normalized spacial score (nSPS) is 16.9. The van der Waals surface area contributed by atoms with Crippen molar-refractivity contribution in [3.8, 4) is 17.1 Å². The van der Waals surface area contributed by atoms with Gasteiger partial charge in [-0.3, -0.25) is 4.79 Å². The van der Waals surface area contributed by atoms with Crippen molar-refractivity contribution in [1.82, 2.24) is 20.0 Å². The van der Waals surface area contributed by atoms with Crippen molar-refractivity contribution in [2.75, 3.05) is 19.6 Å². The molecule has 32 heavy (non-hydrogen) atoms. The number of nitrogens with one attached hydrogen (secondary N) is 1. The van der Waals surface area contributed by atoms with Crippen LogP contribution < -0.4 is 5.32 Å². The predicted molar refractivity (Wildman–Crippen MR) is 127 cm³/mol. The van der Waals surface area contributed by atoms with Crippen LogP contribution in [-0.2, 0) is 0 Å². The van der Waals surface area contributed by atoms with E-state index in [9.17, 15) is 4.79 Å². The smallest absolute Gasteiger partial charge is 0.270 e. The average molecular weight is 435 g/mol. The number of hydrogen-bond acceptors (Lipinski definition) is 4. The van der Waals surface area contributed by atoms with Crippen molar-refractivity contribution < 1.29 is 9.21 Å². The highest BCUT2D eigenvalue weighted by Gasteiger charge is 2.21. The Morgan fingerprint density at radius 2 is 2.00 bits per heavy atom. The zero-order valence-electron chi connectivity index (χ0n) is 19.6. The lowest BCUT2D eigenvalue weighted by Crippen LogP contribution is -2.39. The maximum atomic E-state index is 13.2. The molecule has 1 aromatic carbocycles. The summed E-state index contributed by atoms with van der Waals surface area (Å²) >= 11 is 0. The lowest BCUT2D eigenvalue weighted by Gasteiger charge is -2.33. The molecule has 0 saturated carbocycles. The van der Waals surface area contributed by atoms with Gasteiger partial charge in [-0.15, -0.1) is 0 Å². The number of aryl methyl sites for hydroxylation is 3.